The van der Waals surface area contributed by atoms with E-state index in [0.717, 1.165) is 0 Å². The summed E-state index contributed by atoms with van der Waals surface area (Å²) < 4.78 is 0. The van der Waals surface area contributed by atoms with Gasteiger partial charge < -0.3 is 10.2 Å². The standard InChI is InChI=1S/C11H16O4/c1-4-5-11(10(14)15,6-8(2)3)7-9(12)13/h1,8H,5-7H2,2-3H3,(H,12,13)(H,14,15). The Hall–Kier alpha value is -1.50. The van der Waals surface area contributed by atoms with Crippen molar-refractivity contribution in [2.75, 3.05) is 0 Å². The fourth-order valence-corrected chi connectivity index (χ4v) is 1.71. The number of hydrogen-bond donors (Lipinski definition) is 2. The van der Waals surface area contributed by atoms with Gasteiger partial charge in [0, 0.05) is 6.42 Å². The molecule has 1 unspecified atom stereocenters. The molecule has 0 amide bonds. The van der Waals surface area contributed by atoms with Crippen molar-refractivity contribution in [2.45, 2.75) is 33.1 Å². The summed E-state index contributed by atoms with van der Waals surface area (Å²) in [6.45, 7) is 3.69. The minimum Gasteiger partial charge on any atom is -0.481 e. The highest BCUT2D eigenvalue weighted by atomic mass is 16.4. The van der Waals surface area contributed by atoms with E-state index in [-0.39, 0.29) is 18.8 Å². The van der Waals surface area contributed by atoms with Gasteiger partial charge in [0.15, 0.2) is 0 Å². The number of carboxylic acid groups (broad SMARTS) is 2. The summed E-state index contributed by atoms with van der Waals surface area (Å²) in [5, 5.41) is 17.8. The third-order valence-corrected chi connectivity index (χ3v) is 2.18. The summed E-state index contributed by atoms with van der Waals surface area (Å²) in [5.41, 5.74) is -1.32. The molecule has 1 atom stereocenters. The molecule has 0 aliphatic heterocycles. The minimum atomic E-state index is -1.32. The third kappa shape index (κ3) is 4.03. The van der Waals surface area contributed by atoms with Crippen molar-refractivity contribution in [2.24, 2.45) is 11.3 Å². The van der Waals surface area contributed by atoms with Gasteiger partial charge in [-0.1, -0.05) is 13.8 Å². The quantitative estimate of drug-likeness (QED) is 0.656. The molecule has 2 N–H and O–H groups in total. The molecule has 0 fully saturated rings. The number of hydrogen-bond acceptors (Lipinski definition) is 2. The maximum Gasteiger partial charge on any atom is 0.311 e. The number of rotatable bonds is 6. The first-order valence-corrected chi connectivity index (χ1v) is 4.72. The van der Waals surface area contributed by atoms with Crippen LogP contribution in [-0.4, -0.2) is 22.2 Å². The first kappa shape index (κ1) is 13.5. The van der Waals surface area contributed by atoms with Crippen molar-refractivity contribution < 1.29 is 19.8 Å². The van der Waals surface area contributed by atoms with E-state index in [0.29, 0.717) is 0 Å². The molecule has 0 saturated heterocycles. The Bertz CT molecular complexity index is 287. The van der Waals surface area contributed by atoms with Crippen LogP contribution in [0.15, 0.2) is 0 Å². The highest BCUT2D eigenvalue weighted by Gasteiger charge is 2.40. The van der Waals surface area contributed by atoms with Gasteiger partial charge in [0.2, 0.25) is 0 Å². The molecule has 84 valence electrons. The monoisotopic (exact) mass is 212 g/mol. The molecule has 0 rings (SSSR count). The number of aliphatic carboxylic acids is 2. The summed E-state index contributed by atoms with van der Waals surface area (Å²) in [6.07, 6.45) is 4.90. The second-order valence-electron chi connectivity index (χ2n) is 4.13. The number of terminal acetylenes is 1. The van der Waals surface area contributed by atoms with Gasteiger partial charge >= 0.3 is 11.9 Å². The molecule has 0 heterocycles. The molecule has 0 bridgehead atoms. The Labute approximate surface area is 89.3 Å². The predicted molar refractivity (Wildman–Crippen MR) is 55.2 cm³/mol. The summed E-state index contributed by atoms with van der Waals surface area (Å²) in [5.74, 6) is 0.0886. The van der Waals surface area contributed by atoms with Crippen LogP contribution in [0.3, 0.4) is 0 Å². The normalized spacial score (nSPS) is 14.3. The van der Waals surface area contributed by atoms with Gasteiger partial charge in [0.05, 0.1) is 11.8 Å². The molecule has 0 aliphatic carbocycles. The van der Waals surface area contributed by atoms with Gasteiger partial charge in [-0.2, -0.15) is 0 Å². The van der Waals surface area contributed by atoms with E-state index < -0.39 is 23.8 Å². The summed E-state index contributed by atoms with van der Waals surface area (Å²) in [6, 6.07) is 0. The van der Waals surface area contributed by atoms with Crippen LogP contribution in [0.25, 0.3) is 0 Å². The molecule has 15 heavy (non-hydrogen) atoms. The van der Waals surface area contributed by atoms with E-state index in [1.54, 1.807) is 0 Å². The largest absolute Gasteiger partial charge is 0.481 e. The Morgan fingerprint density at radius 2 is 1.93 bits per heavy atom. The van der Waals surface area contributed by atoms with Crippen LogP contribution in [0, 0.1) is 23.7 Å². The molecule has 0 radical (unpaired) electrons. The van der Waals surface area contributed by atoms with Crippen molar-refractivity contribution in [3.63, 3.8) is 0 Å². The zero-order valence-corrected chi connectivity index (χ0v) is 8.99. The van der Waals surface area contributed by atoms with E-state index in [1.165, 1.54) is 0 Å². The van der Waals surface area contributed by atoms with Crippen molar-refractivity contribution in [1.82, 2.24) is 0 Å². The molecule has 0 saturated carbocycles. The van der Waals surface area contributed by atoms with Gasteiger partial charge in [-0.25, -0.2) is 0 Å². The van der Waals surface area contributed by atoms with Crippen LogP contribution < -0.4 is 0 Å². The maximum absolute atomic E-state index is 11.1. The fourth-order valence-electron chi connectivity index (χ4n) is 1.71. The van der Waals surface area contributed by atoms with Crippen LogP contribution >= 0.6 is 0 Å². The first-order valence-electron chi connectivity index (χ1n) is 4.72. The lowest BCUT2D eigenvalue weighted by Gasteiger charge is -2.27. The van der Waals surface area contributed by atoms with Crippen molar-refractivity contribution in [3.8, 4) is 12.3 Å². The Morgan fingerprint density at radius 1 is 1.40 bits per heavy atom. The lowest BCUT2D eigenvalue weighted by Crippen LogP contribution is -2.34. The second-order valence-corrected chi connectivity index (χ2v) is 4.13. The van der Waals surface area contributed by atoms with Crippen LogP contribution in [-0.2, 0) is 9.59 Å². The fraction of sp³-hybridized carbons (Fsp3) is 0.636. The Kier molecular flexibility index (Phi) is 4.86. The molecule has 0 spiro atoms. The lowest BCUT2D eigenvalue weighted by molar-refractivity contribution is -0.156. The van der Waals surface area contributed by atoms with Gasteiger partial charge in [0.1, 0.15) is 0 Å². The molecule has 4 nitrogen and oxygen atoms in total. The molecule has 0 aromatic rings. The van der Waals surface area contributed by atoms with Crippen LogP contribution in [0.4, 0.5) is 0 Å². The van der Waals surface area contributed by atoms with Crippen molar-refractivity contribution in [1.29, 1.82) is 0 Å². The number of carboxylic acids is 2. The van der Waals surface area contributed by atoms with E-state index >= 15 is 0 Å². The van der Waals surface area contributed by atoms with E-state index in [9.17, 15) is 9.59 Å². The van der Waals surface area contributed by atoms with E-state index in [2.05, 4.69) is 5.92 Å². The van der Waals surface area contributed by atoms with Crippen LogP contribution in [0.1, 0.15) is 33.1 Å². The van der Waals surface area contributed by atoms with Crippen LogP contribution in [0.2, 0.25) is 0 Å². The summed E-state index contributed by atoms with van der Waals surface area (Å²) in [7, 11) is 0. The smallest absolute Gasteiger partial charge is 0.311 e. The van der Waals surface area contributed by atoms with E-state index in [4.69, 9.17) is 16.6 Å². The molecule has 0 aromatic heterocycles. The molecule has 0 aliphatic rings. The highest BCUT2D eigenvalue weighted by Crippen LogP contribution is 2.34. The zero-order valence-electron chi connectivity index (χ0n) is 8.99. The maximum atomic E-state index is 11.1. The Balaban J connectivity index is 4.99. The van der Waals surface area contributed by atoms with Gasteiger partial charge in [0.25, 0.3) is 0 Å². The summed E-state index contributed by atoms with van der Waals surface area (Å²) >= 11 is 0. The SMILES string of the molecule is C#CCC(CC(=O)O)(CC(C)C)C(=O)O. The molecule has 0 aromatic carbocycles. The van der Waals surface area contributed by atoms with Gasteiger partial charge in [-0.3, -0.25) is 9.59 Å². The zero-order chi connectivity index (χ0) is 12.1. The second kappa shape index (κ2) is 5.40. The number of carbonyl (C=O) groups is 2. The first-order chi connectivity index (χ1) is 6.84. The summed E-state index contributed by atoms with van der Waals surface area (Å²) in [4.78, 5) is 21.8. The third-order valence-electron chi connectivity index (χ3n) is 2.18. The van der Waals surface area contributed by atoms with E-state index in [1.807, 2.05) is 13.8 Å². The minimum absolute atomic E-state index is 0.0488. The average Bonchev–Trinajstić information content (AvgIpc) is 2.01. The van der Waals surface area contributed by atoms with Gasteiger partial charge in [-0.15, -0.1) is 12.3 Å². The lowest BCUT2D eigenvalue weighted by atomic mass is 9.75. The van der Waals surface area contributed by atoms with Crippen molar-refractivity contribution >= 4 is 11.9 Å². The molecular formula is C11H16O4. The molecule has 4 heteroatoms. The Morgan fingerprint density at radius 3 is 2.20 bits per heavy atom. The molecular weight excluding hydrogens is 196 g/mol. The van der Waals surface area contributed by atoms with Gasteiger partial charge in [-0.05, 0) is 12.3 Å². The predicted octanol–water partition coefficient (Wildman–Crippen LogP) is 1.60. The topological polar surface area (TPSA) is 74.6 Å². The van der Waals surface area contributed by atoms with Crippen molar-refractivity contribution in [3.05, 3.63) is 0 Å². The average molecular weight is 212 g/mol. The highest BCUT2D eigenvalue weighted by molar-refractivity contribution is 5.81. The van der Waals surface area contributed by atoms with Crippen LogP contribution in [0.5, 0.6) is 0 Å².